The molecule has 2 bridgehead atoms. The number of amides is 3. The van der Waals surface area contributed by atoms with Crippen LogP contribution in [0.25, 0.3) is 11.1 Å². The number of rotatable bonds is 5. The number of imide groups is 1. The highest BCUT2D eigenvalue weighted by Gasteiger charge is 2.47. The van der Waals surface area contributed by atoms with Crippen LogP contribution >= 0.6 is 0 Å². The molecule has 2 atom stereocenters. The SMILES string of the molecule is O=C1CCC(=O)N1C1CC2CCC(C1)N2C(=O)COc1ccc(-c2ccccc2)cc1. The van der Waals surface area contributed by atoms with Gasteiger partial charge in [0.15, 0.2) is 6.61 Å². The number of carbonyl (C=O) groups excluding carboxylic acids is 3. The van der Waals surface area contributed by atoms with Crippen molar-refractivity contribution in [1.82, 2.24) is 9.80 Å². The summed E-state index contributed by atoms with van der Waals surface area (Å²) in [6.45, 7) is 0.00389. The fourth-order valence-electron chi connectivity index (χ4n) is 5.36. The molecule has 6 heteroatoms. The molecule has 3 fully saturated rings. The van der Waals surface area contributed by atoms with E-state index < -0.39 is 0 Å². The van der Waals surface area contributed by atoms with Crippen LogP contribution in [0.2, 0.25) is 0 Å². The Morgan fingerprint density at radius 3 is 2.00 bits per heavy atom. The summed E-state index contributed by atoms with van der Waals surface area (Å²) in [5.41, 5.74) is 2.24. The van der Waals surface area contributed by atoms with Crippen LogP contribution in [-0.2, 0) is 14.4 Å². The highest BCUT2D eigenvalue weighted by atomic mass is 16.5. The van der Waals surface area contributed by atoms with Crippen LogP contribution in [0.3, 0.4) is 0 Å². The van der Waals surface area contributed by atoms with Gasteiger partial charge in [0, 0.05) is 31.0 Å². The van der Waals surface area contributed by atoms with E-state index in [1.807, 2.05) is 47.4 Å². The van der Waals surface area contributed by atoms with Crippen molar-refractivity contribution in [2.45, 2.75) is 56.7 Å². The lowest BCUT2D eigenvalue weighted by molar-refractivity contribution is -0.145. The van der Waals surface area contributed by atoms with E-state index in [4.69, 9.17) is 4.74 Å². The van der Waals surface area contributed by atoms with Gasteiger partial charge in [-0.2, -0.15) is 0 Å². The third-order valence-electron chi connectivity index (χ3n) is 6.78. The second-order valence-corrected chi connectivity index (χ2v) is 8.65. The molecular weight excluding hydrogens is 392 g/mol. The maximum atomic E-state index is 12.9. The second kappa shape index (κ2) is 8.17. The Kier molecular flexibility index (Phi) is 5.22. The first kappa shape index (κ1) is 19.8. The van der Waals surface area contributed by atoms with Crippen LogP contribution in [0.4, 0.5) is 0 Å². The Balaban J connectivity index is 1.19. The van der Waals surface area contributed by atoms with E-state index in [0.717, 1.165) is 24.0 Å². The average molecular weight is 418 g/mol. The summed E-state index contributed by atoms with van der Waals surface area (Å²) in [5, 5.41) is 0. The molecule has 5 rings (SSSR count). The highest BCUT2D eigenvalue weighted by Crippen LogP contribution is 2.39. The van der Waals surface area contributed by atoms with E-state index in [2.05, 4.69) is 12.1 Å². The fourth-order valence-corrected chi connectivity index (χ4v) is 5.36. The number of nitrogens with zero attached hydrogens (tertiary/aromatic N) is 2. The third kappa shape index (κ3) is 3.82. The van der Waals surface area contributed by atoms with Crippen LogP contribution in [0.15, 0.2) is 54.6 Å². The second-order valence-electron chi connectivity index (χ2n) is 8.65. The van der Waals surface area contributed by atoms with Crippen molar-refractivity contribution in [2.75, 3.05) is 6.61 Å². The lowest BCUT2D eigenvalue weighted by atomic mass is 9.96. The Morgan fingerprint density at radius 2 is 1.39 bits per heavy atom. The van der Waals surface area contributed by atoms with E-state index in [1.165, 1.54) is 4.90 Å². The average Bonchev–Trinajstić information content (AvgIpc) is 3.27. The number of fused-ring (bicyclic) bond motifs is 2. The minimum atomic E-state index is -0.0597. The number of piperidine rings is 1. The first-order valence-electron chi connectivity index (χ1n) is 11.0. The highest BCUT2D eigenvalue weighted by molar-refractivity contribution is 6.02. The van der Waals surface area contributed by atoms with Gasteiger partial charge in [-0.1, -0.05) is 42.5 Å². The molecule has 160 valence electrons. The maximum absolute atomic E-state index is 12.9. The molecule has 2 aromatic rings. The van der Waals surface area contributed by atoms with Gasteiger partial charge in [0.1, 0.15) is 5.75 Å². The van der Waals surface area contributed by atoms with Crippen molar-refractivity contribution in [1.29, 1.82) is 0 Å². The first-order valence-corrected chi connectivity index (χ1v) is 11.0. The van der Waals surface area contributed by atoms with Gasteiger partial charge in [-0.3, -0.25) is 19.3 Å². The molecule has 31 heavy (non-hydrogen) atoms. The lowest BCUT2D eigenvalue weighted by Crippen LogP contribution is -2.54. The number of hydrogen-bond donors (Lipinski definition) is 0. The summed E-state index contributed by atoms with van der Waals surface area (Å²) in [7, 11) is 0. The van der Waals surface area contributed by atoms with Crippen molar-refractivity contribution in [3.63, 3.8) is 0 Å². The van der Waals surface area contributed by atoms with Crippen LogP contribution in [0.1, 0.15) is 38.5 Å². The van der Waals surface area contributed by atoms with E-state index in [-0.39, 0.29) is 42.5 Å². The molecule has 3 aliphatic rings. The summed E-state index contributed by atoms with van der Waals surface area (Å²) >= 11 is 0. The number of hydrogen-bond acceptors (Lipinski definition) is 4. The molecule has 0 spiro atoms. The summed E-state index contributed by atoms with van der Waals surface area (Å²) in [4.78, 5) is 40.6. The quantitative estimate of drug-likeness (QED) is 0.698. The smallest absolute Gasteiger partial charge is 0.261 e. The van der Waals surface area contributed by atoms with E-state index in [9.17, 15) is 14.4 Å². The Bertz CT molecular complexity index is 958. The molecule has 0 aliphatic carbocycles. The minimum Gasteiger partial charge on any atom is -0.484 e. The van der Waals surface area contributed by atoms with E-state index in [0.29, 0.717) is 31.4 Å². The van der Waals surface area contributed by atoms with Crippen molar-refractivity contribution in [3.05, 3.63) is 54.6 Å². The Hall–Kier alpha value is -3.15. The molecule has 3 heterocycles. The lowest BCUT2D eigenvalue weighted by Gasteiger charge is -2.41. The zero-order valence-electron chi connectivity index (χ0n) is 17.4. The molecule has 3 saturated heterocycles. The predicted molar refractivity (Wildman–Crippen MR) is 115 cm³/mol. The van der Waals surface area contributed by atoms with Gasteiger partial charge in [0.25, 0.3) is 5.91 Å². The molecule has 3 amide bonds. The molecule has 6 nitrogen and oxygen atoms in total. The number of benzene rings is 2. The van der Waals surface area contributed by atoms with Gasteiger partial charge in [0.2, 0.25) is 11.8 Å². The van der Waals surface area contributed by atoms with Crippen molar-refractivity contribution in [3.8, 4) is 16.9 Å². The zero-order chi connectivity index (χ0) is 21.4. The summed E-state index contributed by atoms with van der Waals surface area (Å²) < 4.78 is 5.79. The predicted octanol–water partition coefficient (Wildman–Crippen LogP) is 3.40. The van der Waals surface area contributed by atoms with E-state index >= 15 is 0 Å². The zero-order valence-corrected chi connectivity index (χ0v) is 17.4. The van der Waals surface area contributed by atoms with Gasteiger partial charge >= 0.3 is 0 Å². The molecule has 0 radical (unpaired) electrons. The fraction of sp³-hybridized carbons (Fsp3) is 0.400. The Morgan fingerprint density at radius 1 is 0.806 bits per heavy atom. The topological polar surface area (TPSA) is 66.9 Å². The minimum absolute atomic E-state index is 0.00389. The largest absolute Gasteiger partial charge is 0.484 e. The van der Waals surface area contributed by atoms with Gasteiger partial charge in [-0.25, -0.2) is 0 Å². The van der Waals surface area contributed by atoms with Gasteiger partial charge in [-0.15, -0.1) is 0 Å². The number of ether oxygens (including phenoxy) is 1. The standard InChI is InChI=1S/C25H26N2O4/c28-23-12-13-24(29)27(23)21-14-19-8-9-20(15-21)26(19)25(30)16-31-22-10-6-18(7-11-22)17-4-2-1-3-5-17/h1-7,10-11,19-21H,8-9,12-16H2. The van der Waals surface area contributed by atoms with Gasteiger partial charge < -0.3 is 9.64 Å². The number of carbonyl (C=O) groups is 3. The monoisotopic (exact) mass is 418 g/mol. The van der Waals surface area contributed by atoms with Crippen LogP contribution in [0, 0.1) is 0 Å². The third-order valence-corrected chi connectivity index (χ3v) is 6.78. The molecule has 3 aliphatic heterocycles. The van der Waals surface area contributed by atoms with Crippen LogP contribution in [0.5, 0.6) is 5.75 Å². The van der Waals surface area contributed by atoms with Crippen LogP contribution in [-0.4, -0.2) is 52.3 Å². The maximum Gasteiger partial charge on any atom is 0.261 e. The Labute approximate surface area is 181 Å². The van der Waals surface area contributed by atoms with E-state index in [1.54, 1.807) is 0 Å². The van der Waals surface area contributed by atoms with Crippen molar-refractivity contribution >= 4 is 17.7 Å². The summed E-state index contributed by atoms with van der Waals surface area (Å²) in [6.07, 6.45) is 3.87. The first-order chi connectivity index (χ1) is 15.1. The van der Waals surface area contributed by atoms with Crippen molar-refractivity contribution < 1.29 is 19.1 Å². The molecule has 2 unspecified atom stereocenters. The number of likely N-dealkylation sites (tertiary alicyclic amines) is 1. The molecule has 0 aromatic heterocycles. The van der Waals surface area contributed by atoms with Gasteiger partial charge in [-0.05, 0) is 48.9 Å². The van der Waals surface area contributed by atoms with Gasteiger partial charge in [0.05, 0.1) is 0 Å². The summed E-state index contributed by atoms with van der Waals surface area (Å²) in [6, 6.07) is 18.0. The molecule has 0 N–H and O–H groups in total. The molecule has 2 aromatic carbocycles. The normalized spacial score (nSPS) is 25.2. The summed E-state index contributed by atoms with van der Waals surface area (Å²) in [5.74, 6) is 0.536. The molecule has 0 saturated carbocycles. The van der Waals surface area contributed by atoms with Crippen molar-refractivity contribution in [2.24, 2.45) is 0 Å². The van der Waals surface area contributed by atoms with Crippen LogP contribution < -0.4 is 4.74 Å². The molecular formula is C25H26N2O4.